The van der Waals surface area contributed by atoms with E-state index in [9.17, 15) is 9.18 Å². The molecule has 1 amide bonds. The highest BCUT2D eigenvalue weighted by Crippen LogP contribution is 2.45. The van der Waals surface area contributed by atoms with E-state index in [-0.39, 0.29) is 35.7 Å². The lowest BCUT2D eigenvalue weighted by Gasteiger charge is -2.51. The van der Waals surface area contributed by atoms with Gasteiger partial charge < -0.3 is 9.64 Å². The molecule has 1 spiro atoms. The minimum Gasteiger partial charge on any atom is -0.371 e. The number of fused-ring (bicyclic) bond motifs is 1. The largest absolute Gasteiger partial charge is 0.371 e. The Kier molecular flexibility index (Phi) is 5.10. The van der Waals surface area contributed by atoms with Gasteiger partial charge in [0.2, 0.25) is 5.91 Å². The first kappa shape index (κ1) is 18.4. The second kappa shape index (κ2) is 7.21. The molecule has 5 atom stereocenters. The molecule has 6 heteroatoms. The van der Waals surface area contributed by atoms with Gasteiger partial charge in [0.15, 0.2) is 0 Å². The van der Waals surface area contributed by atoms with Gasteiger partial charge in [0.25, 0.3) is 0 Å². The van der Waals surface area contributed by atoms with Gasteiger partial charge in [-0.1, -0.05) is 6.58 Å². The van der Waals surface area contributed by atoms with Gasteiger partial charge in [-0.25, -0.2) is 4.39 Å². The van der Waals surface area contributed by atoms with Crippen molar-refractivity contribution in [1.82, 2.24) is 10.4 Å². The summed E-state index contributed by atoms with van der Waals surface area (Å²) in [7, 11) is 0. The summed E-state index contributed by atoms with van der Waals surface area (Å²) in [5, 5.41) is 0. The van der Waals surface area contributed by atoms with E-state index in [2.05, 4.69) is 12.1 Å². The number of ether oxygens (including phenoxy) is 1. The zero-order chi connectivity index (χ0) is 18.3. The fourth-order valence-electron chi connectivity index (χ4n) is 5.15. The van der Waals surface area contributed by atoms with Crippen molar-refractivity contribution in [3.05, 3.63) is 12.2 Å². The molecule has 0 radical (unpaired) electrons. The lowest BCUT2D eigenvalue weighted by molar-refractivity contribution is -0.195. The summed E-state index contributed by atoms with van der Waals surface area (Å²) in [6.07, 6.45) is 6.14. The molecule has 4 rings (SSSR count). The van der Waals surface area contributed by atoms with E-state index in [1.54, 1.807) is 0 Å². The van der Waals surface area contributed by atoms with E-state index in [0.717, 1.165) is 44.1 Å². The molecule has 3 heterocycles. The van der Waals surface area contributed by atoms with Crippen LogP contribution in [0.4, 0.5) is 4.39 Å². The molecule has 5 nitrogen and oxygen atoms in total. The Hall–Kier alpha value is -0.980. The number of amides is 1. The number of hydrogen-bond donors (Lipinski definition) is 1. The zero-order valence-corrected chi connectivity index (χ0v) is 15.7. The van der Waals surface area contributed by atoms with Crippen LogP contribution in [0.5, 0.6) is 0 Å². The molecule has 0 aromatic rings. The van der Waals surface area contributed by atoms with Crippen LogP contribution in [0.1, 0.15) is 58.3 Å². The lowest BCUT2D eigenvalue weighted by Crippen LogP contribution is -2.56. The zero-order valence-electron chi connectivity index (χ0n) is 15.7. The fourth-order valence-corrected chi connectivity index (χ4v) is 5.15. The number of likely N-dealkylation sites (tertiary alicyclic amines) is 1. The highest BCUT2D eigenvalue weighted by Gasteiger charge is 2.48. The number of alkyl halides is 1. The van der Waals surface area contributed by atoms with Crippen LogP contribution in [0.25, 0.3) is 0 Å². The highest BCUT2D eigenvalue weighted by molar-refractivity contribution is 5.82. The molecule has 3 aliphatic heterocycles. The molecule has 26 heavy (non-hydrogen) atoms. The predicted octanol–water partition coefficient (Wildman–Crippen LogP) is 2.90. The van der Waals surface area contributed by atoms with E-state index >= 15 is 0 Å². The van der Waals surface area contributed by atoms with Gasteiger partial charge in [-0.15, -0.1) is 0 Å². The van der Waals surface area contributed by atoms with Crippen molar-refractivity contribution < 1.29 is 18.8 Å². The van der Waals surface area contributed by atoms with E-state index in [1.165, 1.54) is 0 Å². The van der Waals surface area contributed by atoms with Gasteiger partial charge in [0.05, 0.1) is 11.7 Å². The van der Waals surface area contributed by atoms with Crippen molar-refractivity contribution in [2.24, 2.45) is 5.92 Å². The van der Waals surface area contributed by atoms with Crippen molar-refractivity contribution >= 4 is 5.91 Å². The van der Waals surface area contributed by atoms with Gasteiger partial charge in [-0.2, -0.15) is 5.48 Å². The SMILES string of the molecule is C=C(C)C1CC(C(=O)N2CCC3(CCC4C(F)CCCC4O3)CC2)NO1. The Morgan fingerprint density at radius 3 is 2.69 bits per heavy atom. The maximum absolute atomic E-state index is 14.1. The quantitative estimate of drug-likeness (QED) is 0.764. The summed E-state index contributed by atoms with van der Waals surface area (Å²) in [6.45, 7) is 7.25. The van der Waals surface area contributed by atoms with Crippen LogP contribution in [0.15, 0.2) is 12.2 Å². The van der Waals surface area contributed by atoms with Gasteiger partial charge in [-0.3, -0.25) is 9.63 Å². The molecule has 1 saturated carbocycles. The molecule has 0 aromatic carbocycles. The van der Waals surface area contributed by atoms with Crippen LogP contribution < -0.4 is 5.48 Å². The van der Waals surface area contributed by atoms with Gasteiger partial charge in [0.1, 0.15) is 18.3 Å². The maximum Gasteiger partial charge on any atom is 0.242 e. The highest BCUT2D eigenvalue weighted by atomic mass is 19.1. The third-order valence-electron chi connectivity index (χ3n) is 6.88. The van der Waals surface area contributed by atoms with Crippen LogP contribution in [0.2, 0.25) is 0 Å². The number of nitrogens with zero attached hydrogens (tertiary/aromatic N) is 1. The Bertz CT molecular complexity index is 561. The first-order valence-electron chi connectivity index (χ1n) is 10.1. The number of rotatable bonds is 2. The first-order chi connectivity index (χ1) is 12.5. The average molecular weight is 366 g/mol. The third-order valence-corrected chi connectivity index (χ3v) is 6.88. The Labute approximate surface area is 155 Å². The number of nitrogens with one attached hydrogen (secondary N) is 1. The molecule has 1 aliphatic carbocycles. The summed E-state index contributed by atoms with van der Waals surface area (Å²) >= 11 is 0. The van der Waals surface area contributed by atoms with E-state index < -0.39 is 6.17 Å². The summed E-state index contributed by atoms with van der Waals surface area (Å²) in [5.74, 6) is 0.201. The number of carbonyl (C=O) groups excluding carboxylic acids is 1. The Morgan fingerprint density at radius 1 is 1.23 bits per heavy atom. The fraction of sp³-hybridized carbons (Fsp3) is 0.850. The van der Waals surface area contributed by atoms with Crippen LogP contribution >= 0.6 is 0 Å². The average Bonchev–Trinajstić information content (AvgIpc) is 3.12. The maximum atomic E-state index is 14.1. The Morgan fingerprint density at radius 2 is 2.00 bits per heavy atom. The smallest absolute Gasteiger partial charge is 0.242 e. The lowest BCUT2D eigenvalue weighted by atomic mass is 9.74. The summed E-state index contributed by atoms with van der Waals surface area (Å²) in [6, 6.07) is -0.284. The molecular formula is C20H31FN2O3. The molecule has 4 fully saturated rings. The number of halogens is 1. The van der Waals surface area contributed by atoms with E-state index in [1.807, 2.05) is 11.8 Å². The van der Waals surface area contributed by atoms with Crippen molar-refractivity contribution in [1.29, 1.82) is 0 Å². The standard InChI is InChI=1S/C20H31FN2O3/c1-13(2)18-12-16(22-26-18)19(24)23-10-8-20(9-11-23)7-6-14-15(21)4-3-5-17(14)25-20/h14-18,22H,1,3-12H2,2H3. The minimum absolute atomic E-state index is 0.0796. The normalized spacial score (nSPS) is 39.6. The monoisotopic (exact) mass is 366 g/mol. The Balaban J connectivity index is 1.31. The predicted molar refractivity (Wildman–Crippen MR) is 96.1 cm³/mol. The van der Waals surface area contributed by atoms with Crippen molar-refractivity contribution in [3.63, 3.8) is 0 Å². The van der Waals surface area contributed by atoms with Crippen molar-refractivity contribution in [2.75, 3.05) is 13.1 Å². The summed E-state index contributed by atoms with van der Waals surface area (Å²) < 4.78 is 20.6. The van der Waals surface area contributed by atoms with Gasteiger partial charge >= 0.3 is 0 Å². The third kappa shape index (κ3) is 3.43. The first-order valence-corrected chi connectivity index (χ1v) is 10.1. The molecule has 3 saturated heterocycles. The molecule has 5 unspecified atom stereocenters. The number of hydroxylamine groups is 1. The number of carbonyl (C=O) groups is 1. The van der Waals surface area contributed by atoms with Crippen LogP contribution in [0.3, 0.4) is 0 Å². The molecule has 0 aromatic heterocycles. The molecule has 4 aliphatic rings. The molecule has 1 N–H and O–H groups in total. The van der Waals surface area contributed by atoms with Gasteiger partial charge in [-0.05, 0) is 57.4 Å². The van der Waals surface area contributed by atoms with Crippen molar-refractivity contribution in [2.45, 2.75) is 88.3 Å². The number of piperidine rings is 1. The summed E-state index contributed by atoms with van der Waals surface area (Å²) in [4.78, 5) is 20.2. The molecule has 0 bridgehead atoms. The van der Waals surface area contributed by atoms with Crippen LogP contribution in [-0.4, -0.2) is 53.9 Å². The van der Waals surface area contributed by atoms with Crippen LogP contribution in [0, 0.1) is 5.92 Å². The number of hydrogen-bond acceptors (Lipinski definition) is 4. The summed E-state index contributed by atoms with van der Waals surface area (Å²) in [5.41, 5.74) is 3.67. The topological polar surface area (TPSA) is 50.8 Å². The molecule has 146 valence electrons. The van der Waals surface area contributed by atoms with Gasteiger partial charge in [0, 0.05) is 25.4 Å². The molecular weight excluding hydrogens is 335 g/mol. The van der Waals surface area contributed by atoms with Crippen LogP contribution in [-0.2, 0) is 14.4 Å². The second-order valence-corrected chi connectivity index (χ2v) is 8.67. The van der Waals surface area contributed by atoms with Crippen molar-refractivity contribution in [3.8, 4) is 0 Å². The second-order valence-electron chi connectivity index (χ2n) is 8.67. The van der Waals surface area contributed by atoms with E-state index in [4.69, 9.17) is 9.57 Å². The van der Waals surface area contributed by atoms with E-state index in [0.29, 0.717) is 25.9 Å². The minimum atomic E-state index is -0.692.